The van der Waals surface area contributed by atoms with Gasteiger partial charge >= 0.3 is 0 Å². The summed E-state index contributed by atoms with van der Waals surface area (Å²) in [6, 6.07) is 59.8. The smallest absolute Gasteiger partial charge is 0.159 e. The Labute approximate surface area is 318 Å². The average molecular weight is 706 g/mol. The second kappa shape index (κ2) is 12.8. The van der Waals surface area contributed by atoms with Gasteiger partial charge in [0.05, 0.1) is 0 Å². The summed E-state index contributed by atoms with van der Waals surface area (Å²) in [5.74, 6) is 1.68. The van der Waals surface area contributed by atoms with Crippen LogP contribution >= 0.6 is 0 Å². The predicted octanol–water partition coefficient (Wildman–Crippen LogP) is 10.8. The minimum absolute atomic E-state index is 0.189. The standard InChI is InChI=1S/C51H35N3O/c1-3-14-32(15-4-1)36-18-7-12-23-43(36)51-53-49(33-16-5-2-6-17-33)52-50(54-51)35-27-29-46-45(31-35)48-37(24-13-25-47(48)55-46)34-26-28-42-40-21-9-8-19-38(40)39-20-10-11-22-41(39)44(42)30-34/h1-25,27-31,34,50H,26H2,(H,52,53,54). The molecule has 1 aliphatic heterocycles. The number of nitrogens with one attached hydrogen (secondary N) is 1. The van der Waals surface area contributed by atoms with Crippen LogP contribution in [0.1, 0.15) is 40.8 Å². The summed E-state index contributed by atoms with van der Waals surface area (Å²) in [6.07, 6.45) is 5.49. The number of benzene rings is 8. The van der Waals surface area contributed by atoms with Crippen LogP contribution in [0.15, 0.2) is 184 Å². The molecule has 260 valence electrons. The van der Waals surface area contributed by atoms with Crippen molar-refractivity contribution >= 4 is 67.3 Å². The zero-order chi connectivity index (χ0) is 36.3. The quantitative estimate of drug-likeness (QED) is 0.181. The molecule has 11 rings (SSSR count). The van der Waals surface area contributed by atoms with E-state index in [1.54, 1.807) is 0 Å². The van der Waals surface area contributed by atoms with E-state index in [-0.39, 0.29) is 12.1 Å². The van der Waals surface area contributed by atoms with E-state index in [1.165, 1.54) is 37.5 Å². The van der Waals surface area contributed by atoms with Crippen molar-refractivity contribution in [2.75, 3.05) is 0 Å². The molecule has 2 atom stereocenters. The highest BCUT2D eigenvalue weighted by atomic mass is 16.3. The van der Waals surface area contributed by atoms with Gasteiger partial charge in [0.15, 0.2) is 5.84 Å². The van der Waals surface area contributed by atoms with Crippen LogP contribution < -0.4 is 15.8 Å². The fourth-order valence-corrected chi connectivity index (χ4v) is 8.71. The third kappa shape index (κ3) is 5.29. The first kappa shape index (κ1) is 31.5. The van der Waals surface area contributed by atoms with E-state index in [0.29, 0.717) is 5.84 Å². The Morgan fingerprint density at radius 3 is 1.95 bits per heavy atom. The SMILES string of the molecule is C1=c2c(c3ccccc3c3ccccc23)=CC(c2cccc3oc4ccc(C5N=C(c6ccccc6)N=C(c6ccccc6-c6ccccc6)N5)cc4c23)C1. The zero-order valence-electron chi connectivity index (χ0n) is 30.0. The molecule has 1 N–H and O–H groups in total. The van der Waals surface area contributed by atoms with Crippen LogP contribution in [-0.2, 0) is 0 Å². The number of furan rings is 1. The largest absolute Gasteiger partial charge is 0.456 e. The van der Waals surface area contributed by atoms with Gasteiger partial charge in [0, 0.05) is 27.8 Å². The summed E-state index contributed by atoms with van der Waals surface area (Å²) >= 11 is 0. The van der Waals surface area contributed by atoms with Gasteiger partial charge in [-0.2, -0.15) is 0 Å². The molecule has 4 nitrogen and oxygen atoms in total. The number of hydrogen-bond donors (Lipinski definition) is 1. The predicted molar refractivity (Wildman–Crippen MR) is 228 cm³/mol. The summed E-state index contributed by atoms with van der Waals surface area (Å²) in [5, 5.41) is 13.9. The molecule has 2 heterocycles. The fourth-order valence-electron chi connectivity index (χ4n) is 8.71. The van der Waals surface area contributed by atoms with Crippen LogP contribution in [-0.4, -0.2) is 11.7 Å². The molecule has 0 radical (unpaired) electrons. The second-order valence-electron chi connectivity index (χ2n) is 14.4. The number of aliphatic imine (C=N–C) groups is 2. The first-order valence-corrected chi connectivity index (χ1v) is 19.0. The molecular weight excluding hydrogens is 671 g/mol. The highest BCUT2D eigenvalue weighted by Gasteiger charge is 2.25. The van der Waals surface area contributed by atoms with Gasteiger partial charge in [-0.05, 0) is 78.9 Å². The maximum absolute atomic E-state index is 6.57. The van der Waals surface area contributed by atoms with Gasteiger partial charge in [-0.25, -0.2) is 9.98 Å². The first-order valence-electron chi connectivity index (χ1n) is 19.0. The lowest BCUT2D eigenvalue weighted by molar-refractivity contribution is 0.663. The molecule has 8 aromatic carbocycles. The van der Waals surface area contributed by atoms with E-state index in [4.69, 9.17) is 14.4 Å². The third-order valence-corrected chi connectivity index (χ3v) is 11.3. The van der Waals surface area contributed by atoms with Crippen molar-refractivity contribution in [3.8, 4) is 11.1 Å². The Balaban J connectivity index is 1.05. The first-order chi connectivity index (χ1) is 27.3. The summed E-state index contributed by atoms with van der Waals surface area (Å²) < 4.78 is 6.57. The number of rotatable bonds is 5. The Morgan fingerprint density at radius 2 is 1.18 bits per heavy atom. The Bertz CT molecular complexity index is 3160. The van der Waals surface area contributed by atoms with Crippen molar-refractivity contribution in [1.29, 1.82) is 0 Å². The summed E-state index contributed by atoms with van der Waals surface area (Å²) in [6.45, 7) is 0. The molecular formula is C51H35N3O. The molecule has 0 fully saturated rings. The molecule has 0 saturated heterocycles. The number of amidine groups is 2. The molecule has 0 spiro atoms. The van der Waals surface area contributed by atoms with Gasteiger partial charge in [0.25, 0.3) is 0 Å². The molecule has 4 heteroatoms. The molecule has 0 bridgehead atoms. The number of nitrogens with zero attached hydrogens (tertiary/aromatic N) is 2. The highest BCUT2D eigenvalue weighted by molar-refractivity contribution is 6.15. The molecule has 2 unspecified atom stereocenters. The monoisotopic (exact) mass is 705 g/mol. The fraction of sp³-hybridized carbons (Fsp3) is 0.0588. The van der Waals surface area contributed by atoms with Crippen molar-refractivity contribution in [1.82, 2.24) is 5.32 Å². The van der Waals surface area contributed by atoms with Crippen molar-refractivity contribution < 1.29 is 4.42 Å². The van der Waals surface area contributed by atoms with E-state index in [1.807, 2.05) is 24.3 Å². The van der Waals surface area contributed by atoms with Crippen LogP contribution in [0.5, 0.6) is 0 Å². The van der Waals surface area contributed by atoms with Crippen LogP contribution in [0, 0.1) is 0 Å². The van der Waals surface area contributed by atoms with E-state index in [9.17, 15) is 0 Å². The van der Waals surface area contributed by atoms with E-state index >= 15 is 0 Å². The summed E-state index contributed by atoms with van der Waals surface area (Å²) in [5.41, 5.74) is 8.36. The number of hydrogen-bond acceptors (Lipinski definition) is 4. The zero-order valence-corrected chi connectivity index (χ0v) is 30.0. The van der Waals surface area contributed by atoms with E-state index in [2.05, 4.69) is 163 Å². The highest BCUT2D eigenvalue weighted by Crippen LogP contribution is 2.39. The minimum Gasteiger partial charge on any atom is -0.456 e. The lowest BCUT2D eigenvalue weighted by Crippen LogP contribution is -2.34. The van der Waals surface area contributed by atoms with Crippen molar-refractivity contribution in [3.63, 3.8) is 0 Å². The third-order valence-electron chi connectivity index (χ3n) is 11.3. The molecule has 1 aliphatic carbocycles. The molecule has 1 aromatic heterocycles. The molecule has 0 amide bonds. The lowest BCUT2D eigenvalue weighted by atomic mass is 9.85. The Hall–Kier alpha value is -7.04. The maximum Gasteiger partial charge on any atom is 0.159 e. The van der Waals surface area contributed by atoms with Crippen LogP contribution in [0.3, 0.4) is 0 Å². The average Bonchev–Trinajstić information content (AvgIpc) is 3.65. The normalized spacial score (nSPS) is 16.6. The van der Waals surface area contributed by atoms with E-state index < -0.39 is 0 Å². The van der Waals surface area contributed by atoms with Crippen molar-refractivity contribution in [2.45, 2.75) is 18.5 Å². The van der Waals surface area contributed by atoms with Crippen LogP contribution in [0.4, 0.5) is 0 Å². The van der Waals surface area contributed by atoms with Gasteiger partial charge < -0.3 is 9.73 Å². The summed E-state index contributed by atoms with van der Waals surface area (Å²) in [4.78, 5) is 10.4. The Morgan fingerprint density at radius 1 is 0.527 bits per heavy atom. The molecule has 55 heavy (non-hydrogen) atoms. The van der Waals surface area contributed by atoms with Gasteiger partial charge in [0.2, 0.25) is 0 Å². The van der Waals surface area contributed by atoms with Crippen molar-refractivity contribution in [2.24, 2.45) is 9.98 Å². The minimum atomic E-state index is -0.367. The van der Waals surface area contributed by atoms with Crippen LogP contribution in [0.25, 0.3) is 66.8 Å². The topological polar surface area (TPSA) is 49.9 Å². The molecule has 2 aliphatic rings. The van der Waals surface area contributed by atoms with Gasteiger partial charge in [-0.1, -0.05) is 164 Å². The Kier molecular flexibility index (Phi) is 7.34. The van der Waals surface area contributed by atoms with Crippen LogP contribution in [0.2, 0.25) is 0 Å². The molecule has 9 aromatic rings. The van der Waals surface area contributed by atoms with Gasteiger partial charge in [0.1, 0.15) is 23.2 Å². The summed E-state index contributed by atoms with van der Waals surface area (Å²) in [7, 11) is 0. The second-order valence-corrected chi connectivity index (χ2v) is 14.4. The lowest BCUT2D eigenvalue weighted by Gasteiger charge is -2.25. The maximum atomic E-state index is 6.57. The van der Waals surface area contributed by atoms with E-state index in [0.717, 1.165) is 62.0 Å². The number of fused-ring (bicyclic) bond motifs is 9. The van der Waals surface area contributed by atoms with Gasteiger partial charge in [-0.3, -0.25) is 0 Å². The van der Waals surface area contributed by atoms with Gasteiger partial charge in [-0.15, -0.1) is 0 Å². The molecule has 0 saturated carbocycles. The van der Waals surface area contributed by atoms with Crippen molar-refractivity contribution in [3.05, 3.63) is 203 Å².